The lowest BCUT2D eigenvalue weighted by Crippen LogP contribution is -2.42. The molecule has 158 valence electrons. The average molecular weight is 508 g/mol. The minimum atomic E-state index is 0. The fourth-order valence-electron chi connectivity index (χ4n) is 4.01. The van der Waals surface area contributed by atoms with Crippen LogP contribution in [-0.4, -0.2) is 24.1 Å². The van der Waals surface area contributed by atoms with Gasteiger partial charge in [-0.25, -0.2) is 0 Å². The van der Waals surface area contributed by atoms with Crippen molar-refractivity contribution in [2.24, 2.45) is 10.4 Å². The summed E-state index contributed by atoms with van der Waals surface area (Å²) >= 11 is 0. The van der Waals surface area contributed by atoms with E-state index in [1.165, 1.54) is 37.7 Å². The number of halogens is 1. The van der Waals surface area contributed by atoms with Crippen molar-refractivity contribution >= 4 is 29.9 Å². The predicted octanol–water partition coefficient (Wildman–Crippen LogP) is 4.15. The molecule has 0 saturated heterocycles. The SMILES string of the molecule is CCC1(CNC(=NC)NCc2ccc(Cn3ccccc3=O)cc2)CCCC1.I. The second-order valence-electron chi connectivity index (χ2n) is 7.82. The van der Waals surface area contributed by atoms with Crippen LogP contribution in [0.5, 0.6) is 0 Å². The van der Waals surface area contributed by atoms with Crippen LogP contribution in [0.25, 0.3) is 0 Å². The Hall–Kier alpha value is -1.83. The molecule has 0 aliphatic heterocycles. The zero-order valence-corrected chi connectivity index (χ0v) is 19.8. The minimum Gasteiger partial charge on any atom is -0.356 e. The lowest BCUT2D eigenvalue weighted by Gasteiger charge is -2.28. The van der Waals surface area contributed by atoms with Gasteiger partial charge in [0.05, 0.1) is 6.54 Å². The molecular weight excluding hydrogens is 475 g/mol. The lowest BCUT2D eigenvalue weighted by molar-refractivity contribution is 0.283. The Kier molecular flexibility index (Phi) is 9.20. The number of hydrogen-bond acceptors (Lipinski definition) is 2. The highest BCUT2D eigenvalue weighted by atomic mass is 127. The third kappa shape index (κ3) is 6.59. The van der Waals surface area contributed by atoms with Crippen LogP contribution in [0.15, 0.2) is 58.4 Å². The van der Waals surface area contributed by atoms with Crippen LogP contribution in [0.4, 0.5) is 0 Å². The fraction of sp³-hybridized carbons (Fsp3) is 0.478. The summed E-state index contributed by atoms with van der Waals surface area (Å²) in [6.45, 7) is 4.61. The number of nitrogens with zero attached hydrogens (tertiary/aromatic N) is 2. The number of nitrogens with one attached hydrogen (secondary N) is 2. The highest BCUT2D eigenvalue weighted by Gasteiger charge is 2.31. The second-order valence-corrected chi connectivity index (χ2v) is 7.82. The van der Waals surface area contributed by atoms with Crippen molar-refractivity contribution in [2.75, 3.05) is 13.6 Å². The van der Waals surface area contributed by atoms with Crippen molar-refractivity contribution in [3.05, 3.63) is 70.1 Å². The Bertz CT molecular complexity index is 838. The van der Waals surface area contributed by atoms with Gasteiger partial charge in [0.25, 0.3) is 5.56 Å². The molecule has 1 aliphatic carbocycles. The van der Waals surface area contributed by atoms with Crippen LogP contribution < -0.4 is 16.2 Å². The molecule has 0 bridgehead atoms. The van der Waals surface area contributed by atoms with Crippen LogP contribution in [-0.2, 0) is 13.1 Å². The van der Waals surface area contributed by atoms with E-state index >= 15 is 0 Å². The van der Waals surface area contributed by atoms with E-state index in [1.54, 1.807) is 16.7 Å². The van der Waals surface area contributed by atoms with E-state index < -0.39 is 0 Å². The molecule has 1 heterocycles. The molecule has 29 heavy (non-hydrogen) atoms. The maximum Gasteiger partial charge on any atom is 0.250 e. The standard InChI is InChI=1S/C23H32N4O.HI/c1-3-23(13-5-6-14-23)18-26-22(24-2)25-16-19-9-11-20(12-10-19)17-27-15-7-4-8-21(27)28;/h4,7-12,15H,3,5-6,13-14,16-18H2,1-2H3,(H2,24,25,26);1H. The Morgan fingerprint density at radius 3 is 2.38 bits per heavy atom. The van der Waals surface area contributed by atoms with Crippen molar-refractivity contribution in [3.63, 3.8) is 0 Å². The molecular formula is C23H33IN4O. The molecule has 2 N–H and O–H groups in total. The second kappa shape index (κ2) is 11.4. The molecule has 5 nitrogen and oxygen atoms in total. The summed E-state index contributed by atoms with van der Waals surface area (Å²) in [5, 5.41) is 6.94. The Balaban J connectivity index is 0.00000300. The van der Waals surface area contributed by atoms with Gasteiger partial charge in [-0.15, -0.1) is 24.0 Å². The van der Waals surface area contributed by atoms with Crippen molar-refractivity contribution < 1.29 is 0 Å². The van der Waals surface area contributed by atoms with Crippen molar-refractivity contribution in [1.82, 2.24) is 15.2 Å². The fourth-order valence-corrected chi connectivity index (χ4v) is 4.01. The largest absolute Gasteiger partial charge is 0.356 e. The van der Waals surface area contributed by atoms with Gasteiger partial charge in [0.15, 0.2) is 5.96 Å². The number of pyridine rings is 1. The van der Waals surface area contributed by atoms with E-state index in [9.17, 15) is 4.79 Å². The molecule has 0 spiro atoms. The molecule has 0 atom stereocenters. The first kappa shape index (κ1) is 23.4. The maximum atomic E-state index is 11.8. The summed E-state index contributed by atoms with van der Waals surface area (Å²) in [5.74, 6) is 0.861. The van der Waals surface area contributed by atoms with E-state index in [4.69, 9.17) is 0 Å². The quantitative estimate of drug-likeness (QED) is 0.336. The molecule has 1 aromatic carbocycles. The Labute approximate surface area is 191 Å². The van der Waals surface area contributed by atoms with Gasteiger partial charge in [0.2, 0.25) is 0 Å². The molecule has 2 aromatic rings. The van der Waals surface area contributed by atoms with Crippen molar-refractivity contribution in [3.8, 4) is 0 Å². The van der Waals surface area contributed by atoms with Gasteiger partial charge in [-0.3, -0.25) is 9.79 Å². The van der Waals surface area contributed by atoms with Crippen LogP contribution in [0.2, 0.25) is 0 Å². The zero-order valence-electron chi connectivity index (χ0n) is 17.5. The first-order valence-corrected chi connectivity index (χ1v) is 10.3. The van der Waals surface area contributed by atoms with Gasteiger partial charge >= 0.3 is 0 Å². The third-order valence-corrected chi connectivity index (χ3v) is 6.00. The molecule has 1 aliphatic rings. The summed E-state index contributed by atoms with van der Waals surface area (Å²) in [4.78, 5) is 16.2. The van der Waals surface area contributed by atoms with E-state index in [0.29, 0.717) is 12.0 Å². The van der Waals surface area contributed by atoms with Crippen LogP contribution in [0.1, 0.15) is 50.2 Å². The first-order chi connectivity index (χ1) is 13.6. The minimum absolute atomic E-state index is 0. The Morgan fingerprint density at radius 1 is 1.07 bits per heavy atom. The normalized spacial score (nSPS) is 15.6. The number of aromatic nitrogens is 1. The van der Waals surface area contributed by atoms with E-state index in [2.05, 4.69) is 46.8 Å². The molecule has 1 fully saturated rings. The van der Waals surface area contributed by atoms with Gasteiger partial charge < -0.3 is 15.2 Å². The predicted molar refractivity (Wildman–Crippen MR) is 131 cm³/mol. The topological polar surface area (TPSA) is 58.4 Å². The van der Waals surface area contributed by atoms with Crippen molar-refractivity contribution in [2.45, 2.75) is 52.1 Å². The zero-order chi connectivity index (χ0) is 19.8. The molecule has 0 amide bonds. The van der Waals surface area contributed by atoms with Gasteiger partial charge in [-0.05, 0) is 41.9 Å². The molecule has 3 rings (SSSR count). The van der Waals surface area contributed by atoms with E-state index in [1.807, 2.05) is 19.3 Å². The summed E-state index contributed by atoms with van der Waals surface area (Å²) in [6.07, 6.45) is 8.38. The van der Waals surface area contributed by atoms with Gasteiger partial charge in [-0.1, -0.05) is 50.1 Å². The summed E-state index contributed by atoms with van der Waals surface area (Å²) in [7, 11) is 1.82. The van der Waals surface area contributed by atoms with Crippen molar-refractivity contribution in [1.29, 1.82) is 0 Å². The summed E-state index contributed by atoms with van der Waals surface area (Å²) < 4.78 is 1.71. The highest BCUT2D eigenvalue weighted by Crippen LogP contribution is 2.40. The number of hydrogen-bond donors (Lipinski definition) is 2. The van der Waals surface area contributed by atoms with Crippen LogP contribution in [0.3, 0.4) is 0 Å². The highest BCUT2D eigenvalue weighted by molar-refractivity contribution is 14.0. The smallest absolute Gasteiger partial charge is 0.250 e. The number of guanidine groups is 1. The lowest BCUT2D eigenvalue weighted by atomic mass is 9.83. The van der Waals surface area contributed by atoms with Crippen LogP contribution >= 0.6 is 24.0 Å². The van der Waals surface area contributed by atoms with Gasteiger partial charge in [0.1, 0.15) is 0 Å². The number of benzene rings is 1. The average Bonchev–Trinajstić information content (AvgIpc) is 3.20. The Morgan fingerprint density at radius 2 is 1.76 bits per heavy atom. The summed E-state index contributed by atoms with van der Waals surface area (Å²) in [6, 6.07) is 13.6. The number of aliphatic imine (C=N–C) groups is 1. The molecule has 6 heteroatoms. The van der Waals surface area contributed by atoms with Gasteiger partial charge in [-0.2, -0.15) is 0 Å². The molecule has 0 radical (unpaired) electrons. The number of rotatable bonds is 7. The first-order valence-electron chi connectivity index (χ1n) is 10.3. The maximum absolute atomic E-state index is 11.8. The van der Waals surface area contributed by atoms with Crippen LogP contribution in [0, 0.1) is 5.41 Å². The van der Waals surface area contributed by atoms with E-state index in [0.717, 1.165) is 24.6 Å². The molecule has 1 aromatic heterocycles. The van der Waals surface area contributed by atoms with E-state index in [-0.39, 0.29) is 29.5 Å². The van der Waals surface area contributed by atoms with Gasteiger partial charge in [0, 0.05) is 32.4 Å². The molecule has 1 saturated carbocycles. The molecule has 0 unspecified atom stereocenters. The monoisotopic (exact) mass is 508 g/mol. The summed E-state index contributed by atoms with van der Waals surface area (Å²) in [5.41, 5.74) is 2.77. The third-order valence-electron chi connectivity index (χ3n) is 6.00.